The van der Waals surface area contributed by atoms with Crippen molar-refractivity contribution in [1.29, 1.82) is 0 Å². The van der Waals surface area contributed by atoms with E-state index in [1.54, 1.807) is 7.11 Å². The summed E-state index contributed by atoms with van der Waals surface area (Å²) in [5.74, 6) is 1.61. The smallest absolute Gasteiger partial charge is 0.319 e. The van der Waals surface area contributed by atoms with E-state index < -0.39 is 0 Å². The van der Waals surface area contributed by atoms with Crippen molar-refractivity contribution in [2.45, 2.75) is 25.8 Å². The number of carbonyl (C=O) groups excluding carboxylic acids is 1. The van der Waals surface area contributed by atoms with Crippen LogP contribution in [0.25, 0.3) is 11.4 Å². The van der Waals surface area contributed by atoms with Gasteiger partial charge in [0.1, 0.15) is 5.82 Å². The van der Waals surface area contributed by atoms with Crippen LogP contribution in [-0.4, -0.2) is 92.3 Å². The van der Waals surface area contributed by atoms with Gasteiger partial charge in [-0.1, -0.05) is 0 Å². The van der Waals surface area contributed by atoms with E-state index in [0.717, 1.165) is 55.2 Å². The van der Waals surface area contributed by atoms with Crippen LogP contribution >= 0.6 is 0 Å². The van der Waals surface area contributed by atoms with Gasteiger partial charge in [0, 0.05) is 63.3 Å². The van der Waals surface area contributed by atoms with Crippen molar-refractivity contribution in [3.63, 3.8) is 0 Å². The van der Waals surface area contributed by atoms with E-state index in [2.05, 4.69) is 20.4 Å². The Morgan fingerprint density at radius 1 is 1.20 bits per heavy atom. The Hall–Kier alpha value is -2.79. The lowest BCUT2D eigenvalue weighted by Crippen LogP contribution is -2.42. The lowest BCUT2D eigenvalue weighted by Gasteiger charge is -2.39. The Bertz CT molecular complexity index is 981. The molecule has 10 nitrogen and oxygen atoms in total. The van der Waals surface area contributed by atoms with Gasteiger partial charge in [-0.3, -0.25) is 4.90 Å². The number of aromatic nitrogens is 2. The number of amides is 2. The zero-order valence-corrected chi connectivity index (χ0v) is 20.6. The average Bonchev–Trinajstić information content (AvgIpc) is 2.89. The zero-order chi connectivity index (χ0) is 24.6. The highest BCUT2D eigenvalue weighted by Crippen LogP contribution is 2.37. The quantitative estimate of drug-likeness (QED) is 0.496. The molecule has 0 aliphatic carbocycles. The molecule has 0 unspecified atom stereocenters. The predicted octanol–water partition coefficient (Wildman–Crippen LogP) is 2.05. The van der Waals surface area contributed by atoms with Crippen molar-refractivity contribution in [3.05, 3.63) is 35.5 Å². The molecule has 2 aliphatic rings. The van der Waals surface area contributed by atoms with Crippen LogP contribution in [0.1, 0.15) is 30.6 Å². The maximum Gasteiger partial charge on any atom is 0.319 e. The second kappa shape index (κ2) is 12.3. The fourth-order valence-electron chi connectivity index (χ4n) is 4.71. The van der Waals surface area contributed by atoms with Crippen molar-refractivity contribution in [2.75, 3.05) is 76.5 Å². The van der Waals surface area contributed by atoms with Gasteiger partial charge >= 0.3 is 6.03 Å². The Morgan fingerprint density at radius 2 is 1.97 bits per heavy atom. The number of aliphatic hydroxyl groups excluding tert-OH is 1. The fourth-order valence-corrected chi connectivity index (χ4v) is 4.71. The molecule has 0 radical (unpaired) electrons. The summed E-state index contributed by atoms with van der Waals surface area (Å²) in [4.78, 5) is 26.6. The predicted molar refractivity (Wildman–Crippen MR) is 135 cm³/mol. The van der Waals surface area contributed by atoms with E-state index in [0.29, 0.717) is 44.3 Å². The van der Waals surface area contributed by atoms with E-state index in [-0.39, 0.29) is 18.7 Å². The standard InChI is InChI=1S/C25H36N6O4/c1-3-26-25(33)27-19-6-4-18(5-7-19)23-28-22-20(24(29-23)31-12-16-35-17-13-31)8-10-30(11-15-34-2)21(22)9-14-32/h4-7,21,32H,3,8-17H2,1-2H3,(H2,26,27,33)/t21-/m1/s1. The summed E-state index contributed by atoms with van der Waals surface area (Å²) in [5.41, 5.74) is 3.73. The highest BCUT2D eigenvalue weighted by molar-refractivity contribution is 5.89. The molecule has 10 heteroatoms. The zero-order valence-electron chi connectivity index (χ0n) is 20.6. The summed E-state index contributed by atoms with van der Waals surface area (Å²) in [6.07, 6.45) is 1.45. The van der Waals surface area contributed by atoms with Crippen molar-refractivity contribution < 1.29 is 19.4 Å². The number of methoxy groups -OCH3 is 1. The SMILES string of the molecule is CCNC(=O)Nc1ccc(-c2nc3c(c(N4CCOCC4)n2)CCN(CCOC)[C@@H]3CCO)cc1. The first kappa shape index (κ1) is 25.3. The number of carbonyl (C=O) groups is 1. The number of fused-ring (bicyclic) bond motifs is 1. The van der Waals surface area contributed by atoms with Crippen molar-refractivity contribution in [2.24, 2.45) is 0 Å². The summed E-state index contributed by atoms with van der Waals surface area (Å²) in [6.45, 7) is 7.74. The van der Waals surface area contributed by atoms with Gasteiger partial charge in [-0.2, -0.15) is 0 Å². The molecule has 2 amide bonds. The van der Waals surface area contributed by atoms with Gasteiger partial charge in [0.25, 0.3) is 0 Å². The van der Waals surface area contributed by atoms with Gasteiger partial charge in [-0.25, -0.2) is 14.8 Å². The molecule has 4 rings (SSSR count). The Labute approximate surface area is 206 Å². The van der Waals surface area contributed by atoms with Crippen molar-refractivity contribution in [1.82, 2.24) is 20.2 Å². The number of hydrogen-bond donors (Lipinski definition) is 3. The summed E-state index contributed by atoms with van der Waals surface area (Å²) < 4.78 is 10.9. The molecular weight excluding hydrogens is 448 g/mol. The van der Waals surface area contributed by atoms with Gasteiger partial charge in [0.05, 0.1) is 31.6 Å². The van der Waals surface area contributed by atoms with E-state index in [1.165, 1.54) is 0 Å². The summed E-state index contributed by atoms with van der Waals surface area (Å²) in [6, 6.07) is 7.34. The van der Waals surface area contributed by atoms with Crippen LogP contribution in [0, 0.1) is 0 Å². The van der Waals surface area contributed by atoms with Crippen LogP contribution in [0.5, 0.6) is 0 Å². The minimum Gasteiger partial charge on any atom is -0.396 e. The second-order valence-corrected chi connectivity index (χ2v) is 8.70. The Kier molecular flexibility index (Phi) is 8.86. The molecular formula is C25H36N6O4. The number of ether oxygens (including phenoxy) is 2. The fraction of sp³-hybridized carbons (Fsp3) is 0.560. The Morgan fingerprint density at radius 3 is 2.66 bits per heavy atom. The third kappa shape index (κ3) is 6.07. The molecule has 1 fully saturated rings. The lowest BCUT2D eigenvalue weighted by atomic mass is 9.95. The number of aliphatic hydroxyl groups is 1. The molecule has 0 bridgehead atoms. The van der Waals surface area contributed by atoms with Gasteiger partial charge in [0.2, 0.25) is 0 Å². The minimum atomic E-state index is -0.233. The van der Waals surface area contributed by atoms with Crippen LogP contribution in [-0.2, 0) is 15.9 Å². The molecule has 35 heavy (non-hydrogen) atoms. The van der Waals surface area contributed by atoms with Gasteiger partial charge in [0.15, 0.2) is 5.82 Å². The summed E-state index contributed by atoms with van der Waals surface area (Å²) in [5, 5.41) is 15.4. The van der Waals surface area contributed by atoms with Gasteiger partial charge < -0.3 is 30.1 Å². The number of rotatable bonds is 9. The van der Waals surface area contributed by atoms with E-state index in [4.69, 9.17) is 19.4 Å². The molecule has 190 valence electrons. The number of hydrogen-bond acceptors (Lipinski definition) is 8. The first-order chi connectivity index (χ1) is 17.1. The maximum atomic E-state index is 11.9. The highest BCUT2D eigenvalue weighted by Gasteiger charge is 2.33. The van der Waals surface area contributed by atoms with Crippen LogP contribution < -0.4 is 15.5 Å². The number of benzene rings is 1. The number of anilines is 2. The van der Waals surface area contributed by atoms with Crippen molar-refractivity contribution in [3.8, 4) is 11.4 Å². The molecule has 1 aromatic heterocycles. The van der Waals surface area contributed by atoms with Crippen LogP contribution in [0.2, 0.25) is 0 Å². The lowest BCUT2D eigenvalue weighted by molar-refractivity contribution is 0.0967. The molecule has 2 aromatic rings. The first-order valence-electron chi connectivity index (χ1n) is 12.4. The van der Waals surface area contributed by atoms with Gasteiger partial charge in [-0.15, -0.1) is 0 Å². The largest absolute Gasteiger partial charge is 0.396 e. The molecule has 0 saturated carbocycles. The van der Waals surface area contributed by atoms with E-state index in [9.17, 15) is 9.90 Å². The summed E-state index contributed by atoms with van der Waals surface area (Å²) >= 11 is 0. The van der Waals surface area contributed by atoms with Gasteiger partial charge in [-0.05, 0) is 44.0 Å². The molecule has 0 spiro atoms. The third-order valence-electron chi connectivity index (χ3n) is 6.46. The third-order valence-corrected chi connectivity index (χ3v) is 6.46. The minimum absolute atomic E-state index is 0.000815. The number of nitrogens with one attached hydrogen (secondary N) is 2. The summed E-state index contributed by atoms with van der Waals surface area (Å²) in [7, 11) is 1.71. The van der Waals surface area contributed by atoms with Crippen LogP contribution in [0.15, 0.2) is 24.3 Å². The molecule has 3 heterocycles. The number of morpholine rings is 1. The van der Waals surface area contributed by atoms with Crippen LogP contribution in [0.4, 0.5) is 16.3 Å². The first-order valence-corrected chi connectivity index (χ1v) is 12.4. The van der Waals surface area contributed by atoms with Crippen LogP contribution in [0.3, 0.4) is 0 Å². The second-order valence-electron chi connectivity index (χ2n) is 8.70. The molecule has 3 N–H and O–H groups in total. The monoisotopic (exact) mass is 484 g/mol. The highest BCUT2D eigenvalue weighted by atomic mass is 16.5. The number of nitrogens with zero attached hydrogens (tertiary/aromatic N) is 4. The molecule has 1 aromatic carbocycles. The van der Waals surface area contributed by atoms with E-state index in [1.807, 2.05) is 31.2 Å². The topological polar surface area (TPSA) is 112 Å². The molecule has 1 atom stereocenters. The average molecular weight is 485 g/mol. The molecule has 2 aliphatic heterocycles. The Balaban J connectivity index is 1.71. The van der Waals surface area contributed by atoms with E-state index >= 15 is 0 Å². The number of urea groups is 1. The molecule has 1 saturated heterocycles. The normalized spacial score (nSPS) is 18.3. The van der Waals surface area contributed by atoms with Crippen molar-refractivity contribution >= 4 is 17.5 Å². The maximum absolute atomic E-state index is 11.9.